The molecule has 0 saturated heterocycles. The first-order valence-electron chi connectivity index (χ1n) is 6.65. The number of carbonyl (C=O) groups excluding carboxylic acids is 1. The SMILES string of the molecule is CCC(=O)N[C@@H](C)c1ccc(-c2ccccc2)cc1. The minimum atomic E-state index is 0.0530. The Bertz CT molecular complexity index is 531. The van der Waals surface area contributed by atoms with E-state index in [-0.39, 0.29) is 11.9 Å². The predicted octanol–water partition coefficient (Wildman–Crippen LogP) is 3.94. The summed E-state index contributed by atoms with van der Waals surface area (Å²) in [7, 11) is 0. The minimum Gasteiger partial charge on any atom is -0.350 e. The molecule has 0 bridgehead atoms. The first-order valence-corrected chi connectivity index (χ1v) is 6.65. The predicted molar refractivity (Wildman–Crippen MR) is 78.7 cm³/mol. The van der Waals surface area contributed by atoms with Crippen LogP contribution in [0.5, 0.6) is 0 Å². The molecule has 1 amide bonds. The molecule has 0 aromatic heterocycles. The Morgan fingerprint density at radius 3 is 2.16 bits per heavy atom. The molecule has 0 aliphatic rings. The third-order valence-corrected chi connectivity index (χ3v) is 3.22. The molecule has 0 radical (unpaired) electrons. The van der Waals surface area contributed by atoms with Gasteiger partial charge in [0, 0.05) is 6.42 Å². The fourth-order valence-corrected chi connectivity index (χ4v) is 2.02. The molecule has 0 heterocycles. The van der Waals surface area contributed by atoms with E-state index in [1.807, 2.05) is 32.0 Å². The van der Waals surface area contributed by atoms with E-state index >= 15 is 0 Å². The number of hydrogen-bond acceptors (Lipinski definition) is 1. The van der Waals surface area contributed by atoms with Crippen molar-refractivity contribution in [1.82, 2.24) is 5.32 Å². The molecule has 2 aromatic rings. The summed E-state index contributed by atoms with van der Waals surface area (Å²) >= 11 is 0. The summed E-state index contributed by atoms with van der Waals surface area (Å²) in [5.41, 5.74) is 3.53. The molecular formula is C17H19NO. The molecule has 0 saturated carbocycles. The van der Waals surface area contributed by atoms with Crippen molar-refractivity contribution in [1.29, 1.82) is 0 Å². The first-order chi connectivity index (χ1) is 9.20. The summed E-state index contributed by atoms with van der Waals surface area (Å²) < 4.78 is 0. The van der Waals surface area contributed by atoms with E-state index in [0.717, 1.165) is 5.56 Å². The van der Waals surface area contributed by atoms with Crippen LogP contribution in [0.3, 0.4) is 0 Å². The van der Waals surface area contributed by atoms with Gasteiger partial charge in [0.1, 0.15) is 0 Å². The van der Waals surface area contributed by atoms with Crippen LogP contribution in [0.15, 0.2) is 54.6 Å². The molecular weight excluding hydrogens is 234 g/mol. The summed E-state index contributed by atoms with van der Waals surface area (Å²) in [6.45, 7) is 3.87. The van der Waals surface area contributed by atoms with E-state index in [1.165, 1.54) is 11.1 Å². The van der Waals surface area contributed by atoms with Gasteiger partial charge in [-0.15, -0.1) is 0 Å². The highest BCUT2D eigenvalue weighted by Crippen LogP contribution is 2.21. The normalized spacial score (nSPS) is 11.9. The Balaban J connectivity index is 2.12. The molecule has 2 nitrogen and oxygen atoms in total. The summed E-state index contributed by atoms with van der Waals surface area (Å²) in [5, 5.41) is 2.97. The van der Waals surface area contributed by atoms with Crippen molar-refractivity contribution in [2.24, 2.45) is 0 Å². The molecule has 2 heteroatoms. The van der Waals surface area contributed by atoms with Crippen molar-refractivity contribution in [2.75, 3.05) is 0 Å². The Hall–Kier alpha value is -2.09. The smallest absolute Gasteiger partial charge is 0.220 e. The standard InChI is InChI=1S/C17H19NO/c1-3-17(19)18-13(2)14-9-11-16(12-10-14)15-7-5-4-6-8-15/h4-13H,3H2,1-2H3,(H,18,19)/t13-/m0/s1. The monoisotopic (exact) mass is 253 g/mol. The van der Waals surface area contributed by atoms with Crippen molar-refractivity contribution in [3.05, 3.63) is 60.2 Å². The number of rotatable bonds is 4. The average Bonchev–Trinajstić information content (AvgIpc) is 2.48. The van der Waals surface area contributed by atoms with Crippen LogP contribution in [0, 0.1) is 0 Å². The second-order valence-electron chi connectivity index (χ2n) is 4.63. The first kappa shape index (κ1) is 13.3. The van der Waals surface area contributed by atoms with Crippen LogP contribution in [0.2, 0.25) is 0 Å². The summed E-state index contributed by atoms with van der Waals surface area (Å²) in [6, 6.07) is 18.7. The van der Waals surface area contributed by atoms with E-state index < -0.39 is 0 Å². The highest BCUT2D eigenvalue weighted by Gasteiger charge is 2.07. The van der Waals surface area contributed by atoms with E-state index in [4.69, 9.17) is 0 Å². The zero-order valence-corrected chi connectivity index (χ0v) is 11.4. The molecule has 1 atom stereocenters. The number of carbonyl (C=O) groups is 1. The molecule has 0 aliphatic heterocycles. The lowest BCUT2D eigenvalue weighted by atomic mass is 10.0. The third-order valence-electron chi connectivity index (χ3n) is 3.22. The summed E-state index contributed by atoms with van der Waals surface area (Å²) in [6.07, 6.45) is 0.520. The van der Waals surface area contributed by atoms with Gasteiger partial charge in [-0.3, -0.25) is 4.79 Å². The number of nitrogens with one attached hydrogen (secondary N) is 1. The maximum Gasteiger partial charge on any atom is 0.220 e. The van der Waals surface area contributed by atoms with Gasteiger partial charge in [-0.25, -0.2) is 0 Å². The maximum absolute atomic E-state index is 11.4. The van der Waals surface area contributed by atoms with Gasteiger partial charge in [-0.1, -0.05) is 61.5 Å². The molecule has 0 fully saturated rings. The number of hydrogen-bond donors (Lipinski definition) is 1. The fraction of sp³-hybridized carbons (Fsp3) is 0.235. The minimum absolute atomic E-state index is 0.0530. The average molecular weight is 253 g/mol. The molecule has 19 heavy (non-hydrogen) atoms. The Morgan fingerprint density at radius 1 is 1.00 bits per heavy atom. The van der Waals surface area contributed by atoms with Crippen LogP contribution in [0.25, 0.3) is 11.1 Å². The lowest BCUT2D eigenvalue weighted by Crippen LogP contribution is -2.25. The second-order valence-corrected chi connectivity index (χ2v) is 4.63. The van der Waals surface area contributed by atoms with Crippen molar-refractivity contribution < 1.29 is 4.79 Å². The van der Waals surface area contributed by atoms with Gasteiger partial charge in [0.2, 0.25) is 5.91 Å². The van der Waals surface area contributed by atoms with Crippen molar-refractivity contribution >= 4 is 5.91 Å². The molecule has 1 N–H and O–H groups in total. The second kappa shape index (κ2) is 6.19. The zero-order valence-electron chi connectivity index (χ0n) is 11.4. The number of amides is 1. The highest BCUT2D eigenvalue weighted by molar-refractivity contribution is 5.76. The van der Waals surface area contributed by atoms with Gasteiger partial charge in [0.25, 0.3) is 0 Å². The molecule has 2 rings (SSSR count). The van der Waals surface area contributed by atoms with Crippen molar-refractivity contribution in [2.45, 2.75) is 26.3 Å². The molecule has 0 spiro atoms. The maximum atomic E-state index is 11.4. The van der Waals surface area contributed by atoms with Crippen LogP contribution >= 0.6 is 0 Å². The van der Waals surface area contributed by atoms with E-state index in [2.05, 4.69) is 41.7 Å². The lowest BCUT2D eigenvalue weighted by molar-refractivity contribution is -0.121. The van der Waals surface area contributed by atoms with Gasteiger partial charge in [0.15, 0.2) is 0 Å². The molecule has 98 valence electrons. The molecule has 0 unspecified atom stereocenters. The highest BCUT2D eigenvalue weighted by atomic mass is 16.1. The Kier molecular flexibility index (Phi) is 4.35. The van der Waals surface area contributed by atoms with E-state index in [9.17, 15) is 4.79 Å². The van der Waals surface area contributed by atoms with Gasteiger partial charge in [-0.05, 0) is 23.6 Å². The summed E-state index contributed by atoms with van der Waals surface area (Å²) in [5.74, 6) is 0.0830. The Morgan fingerprint density at radius 2 is 1.58 bits per heavy atom. The van der Waals surface area contributed by atoms with Crippen LogP contribution in [0.1, 0.15) is 31.9 Å². The molecule has 2 aromatic carbocycles. The van der Waals surface area contributed by atoms with Crippen LogP contribution in [-0.2, 0) is 4.79 Å². The van der Waals surface area contributed by atoms with Gasteiger partial charge >= 0.3 is 0 Å². The Labute approximate surface area is 114 Å². The van der Waals surface area contributed by atoms with Gasteiger partial charge in [-0.2, -0.15) is 0 Å². The van der Waals surface area contributed by atoms with Crippen LogP contribution in [0.4, 0.5) is 0 Å². The summed E-state index contributed by atoms with van der Waals surface area (Å²) in [4.78, 5) is 11.4. The van der Waals surface area contributed by atoms with Crippen LogP contribution < -0.4 is 5.32 Å². The van der Waals surface area contributed by atoms with Crippen molar-refractivity contribution in [3.63, 3.8) is 0 Å². The molecule has 0 aliphatic carbocycles. The van der Waals surface area contributed by atoms with E-state index in [0.29, 0.717) is 6.42 Å². The fourth-order valence-electron chi connectivity index (χ4n) is 2.02. The lowest BCUT2D eigenvalue weighted by Gasteiger charge is -2.14. The zero-order chi connectivity index (χ0) is 13.7. The topological polar surface area (TPSA) is 29.1 Å². The van der Waals surface area contributed by atoms with Crippen LogP contribution in [-0.4, -0.2) is 5.91 Å². The largest absolute Gasteiger partial charge is 0.350 e. The van der Waals surface area contributed by atoms with Gasteiger partial charge < -0.3 is 5.32 Å². The van der Waals surface area contributed by atoms with Gasteiger partial charge in [0.05, 0.1) is 6.04 Å². The third kappa shape index (κ3) is 3.44. The quantitative estimate of drug-likeness (QED) is 0.878. The van der Waals surface area contributed by atoms with E-state index in [1.54, 1.807) is 0 Å². The number of benzene rings is 2. The van der Waals surface area contributed by atoms with Crippen molar-refractivity contribution in [3.8, 4) is 11.1 Å².